The third-order valence-corrected chi connectivity index (χ3v) is 7.45. The van der Waals surface area contributed by atoms with Crippen molar-refractivity contribution in [3.63, 3.8) is 0 Å². The van der Waals surface area contributed by atoms with Crippen molar-refractivity contribution in [3.05, 3.63) is 0 Å². The molecule has 0 radical (unpaired) electrons. The topological polar surface area (TPSA) is 0 Å². The van der Waals surface area contributed by atoms with Crippen LogP contribution in [0.2, 0.25) is 8.87 Å². The Hall–Kier alpha value is 1.15. The zero-order chi connectivity index (χ0) is 12.6. The first-order chi connectivity index (χ1) is 8.41. The molecule has 0 spiro atoms. The molecule has 0 rings (SSSR count). The number of hydrogen-bond acceptors (Lipinski definition) is 0. The maximum absolute atomic E-state index is 2.30. The summed E-state index contributed by atoms with van der Waals surface area (Å²) in [5.41, 5.74) is 0. The average Bonchev–Trinajstić information content (AvgIpc) is 2.35. The molecule has 0 aliphatic carbocycles. The van der Waals surface area contributed by atoms with Crippen LogP contribution in [-0.4, -0.2) is 21.1 Å². The molecule has 0 aromatic rings. The van der Waals surface area contributed by atoms with E-state index in [-0.39, 0.29) is 34.6 Å². The van der Waals surface area contributed by atoms with Crippen molar-refractivity contribution in [3.8, 4) is 0 Å². The van der Waals surface area contributed by atoms with Gasteiger partial charge in [0.2, 0.25) is 0 Å². The zero-order valence-electron chi connectivity index (χ0n) is 12.8. The Morgan fingerprint density at radius 3 is 1.22 bits per heavy atom. The van der Waals surface area contributed by atoms with Gasteiger partial charge in [-0.3, -0.25) is 0 Å². The second-order valence-electron chi connectivity index (χ2n) is 5.29. The van der Waals surface area contributed by atoms with Gasteiger partial charge in [-0.15, -0.1) is 0 Å². The molecule has 0 fully saturated rings. The Bertz CT molecular complexity index is 114. The van der Waals surface area contributed by atoms with Gasteiger partial charge in [0.05, 0.1) is 0 Å². The molecule has 0 unspecified atom stereocenters. The normalized spacial score (nSPS) is 9.89. The Labute approximate surface area is 134 Å². The largest absolute Gasteiger partial charge is 2.00 e. The monoisotopic (exact) mass is 378 g/mol. The molecule has 0 aliphatic heterocycles. The van der Waals surface area contributed by atoms with E-state index < -0.39 is 0 Å². The molecule has 0 aliphatic rings. The van der Waals surface area contributed by atoms with Gasteiger partial charge in [-0.2, -0.15) is 0 Å². The Morgan fingerprint density at radius 2 is 0.833 bits per heavy atom. The van der Waals surface area contributed by atoms with E-state index in [2.05, 4.69) is 13.8 Å². The Kier molecular flexibility index (Phi) is 24.4. The smallest absolute Gasteiger partial charge is 2.00 e. The molecule has 0 aromatic heterocycles. The van der Waals surface area contributed by atoms with E-state index in [9.17, 15) is 0 Å². The van der Waals surface area contributed by atoms with Crippen molar-refractivity contribution in [2.75, 3.05) is 0 Å². The third-order valence-electron chi connectivity index (χ3n) is 3.41. The molecule has 18 heavy (non-hydrogen) atoms. The van der Waals surface area contributed by atoms with Gasteiger partial charge in [-0.25, -0.2) is 0 Å². The van der Waals surface area contributed by atoms with E-state index in [4.69, 9.17) is 0 Å². The predicted octanol–water partition coefficient (Wildman–Crippen LogP) is 6.25. The molecular weight excluding hydrogens is 343 g/mol. The van der Waals surface area contributed by atoms with Gasteiger partial charge < -0.3 is 13.5 Å². The molecule has 0 aromatic carbocycles. The fraction of sp³-hybridized carbons (Fsp3) is 1.00. The molecule has 0 saturated heterocycles. The fourth-order valence-corrected chi connectivity index (χ4v) is 5.75. The predicted molar refractivity (Wildman–Crippen MR) is 89.5 cm³/mol. The quantitative estimate of drug-likeness (QED) is 0.248. The van der Waals surface area contributed by atoms with Crippen molar-refractivity contribution >= 4 is 34.6 Å². The third kappa shape index (κ3) is 19.5. The van der Waals surface area contributed by atoms with Crippen LogP contribution in [-0.2, 0) is 13.5 Å². The first kappa shape index (κ1) is 21.4. The SMILES string of the molecule is CCCCCCC[CH2][Sn+2][CH2]CCCCCCC.[S-2]. The van der Waals surface area contributed by atoms with Crippen molar-refractivity contribution < 1.29 is 0 Å². The molecule has 0 heterocycles. The number of hydrogen-bond donors (Lipinski definition) is 0. The Morgan fingerprint density at radius 1 is 0.500 bits per heavy atom. The molecule has 0 saturated carbocycles. The molecule has 0 nitrogen and oxygen atoms in total. The summed E-state index contributed by atoms with van der Waals surface area (Å²) in [6, 6.07) is 0. The van der Waals surface area contributed by atoms with Crippen LogP contribution in [0.25, 0.3) is 0 Å². The summed E-state index contributed by atoms with van der Waals surface area (Å²) in [7, 11) is 0. The average molecular weight is 377 g/mol. The molecule has 0 atom stereocenters. The van der Waals surface area contributed by atoms with Crippen LogP contribution in [0.1, 0.15) is 90.9 Å². The minimum Gasteiger partial charge on any atom is -2.00 e. The maximum Gasteiger partial charge on any atom is -2.00 e. The summed E-state index contributed by atoms with van der Waals surface area (Å²) in [5.74, 6) is 0. The molecule has 0 amide bonds. The van der Waals surface area contributed by atoms with Gasteiger partial charge in [-0.05, 0) is 0 Å². The zero-order valence-corrected chi connectivity index (χ0v) is 16.5. The van der Waals surface area contributed by atoms with Crippen LogP contribution < -0.4 is 0 Å². The standard InChI is InChI=1S/2C8H17.S.Sn/c2*1-3-5-7-8-6-4-2;;/h2*1,3-8H2,2H3;;/q;;-2;+2. The minimum absolute atomic E-state index is 0. The van der Waals surface area contributed by atoms with E-state index in [0.29, 0.717) is 0 Å². The summed E-state index contributed by atoms with van der Waals surface area (Å²) < 4.78 is 3.31. The van der Waals surface area contributed by atoms with Gasteiger partial charge in [0, 0.05) is 0 Å². The summed E-state index contributed by atoms with van der Waals surface area (Å²) >= 11 is 0.0736. The van der Waals surface area contributed by atoms with Crippen LogP contribution in [0.5, 0.6) is 0 Å². The summed E-state index contributed by atoms with van der Waals surface area (Å²) in [6.45, 7) is 4.60. The minimum atomic E-state index is 0. The molecular formula is C16H34SSn. The van der Waals surface area contributed by atoms with Crippen LogP contribution in [0.4, 0.5) is 0 Å². The fourth-order valence-electron chi connectivity index (χ4n) is 2.19. The van der Waals surface area contributed by atoms with Crippen molar-refractivity contribution in [2.45, 2.75) is 99.8 Å². The van der Waals surface area contributed by atoms with Crippen molar-refractivity contribution in [1.82, 2.24) is 0 Å². The molecule has 0 bridgehead atoms. The first-order valence-electron chi connectivity index (χ1n) is 8.12. The summed E-state index contributed by atoms with van der Waals surface area (Å²) in [5, 5.41) is 0. The van der Waals surface area contributed by atoms with Gasteiger partial charge in [0.25, 0.3) is 0 Å². The van der Waals surface area contributed by atoms with Gasteiger partial charge in [-0.1, -0.05) is 0 Å². The number of unbranched alkanes of at least 4 members (excludes halogenated alkanes) is 10. The summed E-state index contributed by atoms with van der Waals surface area (Å²) in [6.07, 6.45) is 17.8. The van der Waals surface area contributed by atoms with E-state index >= 15 is 0 Å². The van der Waals surface area contributed by atoms with E-state index in [1.165, 1.54) is 64.2 Å². The van der Waals surface area contributed by atoms with Crippen LogP contribution in [0, 0.1) is 0 Å². The van der Waals surface area contributed by atoms with Crippen LogP contribution in [0.15, 0.2) is 0 Å². The van der Waals surface area contributed by atoms with Crippen molar-refractivity contribution in [2.24, 2.45) is 0 Å². The molecule has 2 heteroatoms. The van der Waals surface area contributed by atoms with E-state index in [1.807, 2.05) is 0 Å². The van der Waals surface area contributed by atoms with Crippen molar-refractivity contribution in [1.29, 1.82) is 0 Å². The second kappa shape index (κ2) is 20.5. The van der Waals surface area contributed by atoms with E-state index in [1.54, 1.807) is 21.7 Å². The van der Waals surface area contributed by atoms with Crippen LogP contribution in [0.3, 0.4) is 0 Å². The van der Waals surface area contributed by atoms with E-state index in [0.717, 1.165) is 0 Å². The number of rotatable bonds is 14. The maximum atomic E-state index is 2.30. The summed E-state index contributed by atoms with van der Waals surface area (Å²) in [4.78, 5) is 0. The Balaban J connectivity index is 0. The van der Waals surface area contributed by atoms with Gasteiger partial charge >= 0.3 is 121 Å². The van der Waals surface area contributed by atoms with Gasteiger partial charge in [0.15, 0.2) is 0 Å². The second-order valence-corrected chi connectivity index (χ2v) is 9.57. The van der Waals surface area contributed by atoms with Crippen LogP contribution >= 0.6 is 0 Å². The molecule has 0 N–H and O–H groups in total. The first-order valence-corrected chi connectivity index (χ1v) is 12.2. The van der Waals surface area contributed by atoms with Gasteiger partial charge in [0.1, 0.15) is 0 Å². The molecule has 108 valence electrons.